The van der Waals surface area contributed by atoms with Crippen LogP contribution in [0.5, 0.6) is 0 Å². The molecule has 0 amide bonds. The van der Waals surface area contributed by atoms with E-state index in [1.165, 1.54) is 0 Å². The molecule has 0 bridgehead atoms. The van der Waals surface area contributed by atoms with E-state index in [1.807, 2.05) is 40.7 Å². The van der Waals surface area contributed by atoms with Crippen molar-refractivity contribution < 1.29 is 13.5 Å². The normalized spacial score (nSPS) is 28.6. The van der Waals surface area contributed by atoms with Crippen molar-refractivity contribution in [1.82, 2.24) is 0 Å². The summed E-state index contributed by atoms with van der Waals surface area (Å²) in [5.41, 5.74) is -0.0155. The molecule has 1 aliphatic heterocycles. The van der Waals surface area contributed by atoms with Crippen molar-refractivity contribution in [3.8, 4) is 0 Å². The molecule has 1 heterocycles. The van der Waals surface area contributed by atoms with E-state index in [2.05, 4.69) is 0 Å². The first kappa shape index (κ1) is 18.2. The number of aliphatic hydroxyl groups excluding tert-OH is 1. The van der Waals surface area contributed by atoms with E-state index in [0.717, 1.165) is 0 Å². The Bertz CT molecular complexity index is 600. The number of fused-ring (bicyclic) bond motifs is 1. The molecule has 0 aromatic heterocycles. The van der Waals surface area contributed by atoms with E-state index < -0.39 is 26.1 Å². The van der Waals surface area contributed by atoms with Crippen LogP contribution in [0.2, 0.25) is 0 Å². The van der Waals surface area contributed by atoms with Crippen molar-refractivity contribution in [2.45, 2.75) is 70.1 Å². The van der Waals surface area contributed by atoms with E-state index in [0.29, 0.717) is 10.5 Å². The quantitative estimate of drug-likeness (QED) is 0.793. The molecule has 1 N–H and O–H groups in total. The molecular weight excluding hydrogens is 284 g/mol. The minimum absolute atomic E-state index is 0.206. The lowest BCUT2D eigenvalue weighted by molar-refractivity contribution is 0.0118. The second kappa shape index (κ2) is 5.73. The highest BCUT2D eigenvalue weighted by Crippen LogP contribution is 2.50. The Labute approximate surface area is 129 Å². The average Bonchev–Trinajstić information content (AvgIpc) is 2.48. The summed E-state index contributed by atoms with van der Waals surface area (Å²) in [7, 11) is -3.49. The smallest absolute Gasteiger partial charge is 0.184 e. The summed E-state index contributed by atoms with van der Waals surface area (Å²) in [6.07, 6.45) is -0.707. The number of sulfone groups is 1. The molecule has 0 fully saturated rings. The van der Waals surface area contributed by atoms with Crippen LogP contribution in [0.25, 0.3) is 0 Å². The van der Waals surface area contributed by atoms with Crippen molar-refractivity contribution in [3.05, 3.63) is 29.8 Å². The van der Waals surface area contributed by atoms with Crippen molar-refractivity contribution >= 4 is 9.84 Å². The predicted molar refractivity (Wildman–Crippen MR) is 87.3 cm³/mol. The lowest BCUT2D eigenvalue weighted by Crippen LogP contribution is -2.51. The largest absolute Gasteiger partial charge is 0.392 e. The highest BCUT2D eigenvalue weighted by molar-refractivity contribution is 7.93. The highest BCUT2D eigenvalue weighted by atomic mass is 32.2. The summed E-state index contributed by atoms with van der Waals surface area (Å²) in [6, 6.07) is 7.02. The lowest BCUT2D eigenvalue weighted by atomic mass is 9.70. The summed E-state index contributed by atoms with van der Waals surface area (Å²) in [5.74, 6) is -0.206. The zero-order valence-electron chi connectivity index (χ0n) is 14.1. The van der Waals surface area contributed by atoms with E-state index in [1.54, 1.807) is 32.0 Å². The standard InChI is InChI=1S/C15H22O3S.C2H6/c1-10-11-8-6-7-9-12(11)19(17,18)15(4,5)14(2,3)13(10)16;1-2/h6-10,13,16H,1-5H3;1-2H3/t10-,13?;/m0./s1. The van der Waals surface area contributed by atoms with E-state index in [4.69, 9.17) is 0 Å². The van der Waals surface area contributed by atoms with Gasteiger partial charge in [-0.05, 0) is 25.5 Å². The molecule has 1 unspecified atom stereocenters. The van der Waals surface area contributed by atoms with E-state index in [-0.39, 0.29) is 5.92 Å². The van der Waals surface area contributed by atoms with Crippen LogP contribution in [-0.2, 0) is 9.84 Å². The fourth-order valence-electron chi connectivity index (χ4n) is 2.87. The molecule has 2 rings (SSSR count). The second-order valence-electron chi connectivity index (χ2n) is 6.51. The lowest BCUT2D eigenvalue weighted by Gasteiger charge is -2.43. The van der Waals surface area contributed by atoms with Crippen molar-refractivity contribution in [1.29, 1.82) is 0 Å². The molecule has 0 saturated carbocycles. The van der Waals surface area contributed by atoms with Gasteiger partial charge in [-0.1, -0.05) is 52.8 Å². The maximum atomic E-state index is 12.9. The molecule has 0 aliphatic carbocycles. The highest BCUT2D eigenvalue weighted by Gasteiger charge is 2.56. The summed E-state index contributed by atoms with van der Waals surface area (Å²) in [6.45, 7) is 13.0. The van der Waals surface area contributed by atoms with Crippen molar-refractivity contribution in [2.75, 3.05) is 0 Å². The molecule has 4 heteroatoms. The van der Waals surface area contributed by atoms with Gasteiger partial charge in [-0.15, -0.1) is 0 Å². The van der Waals surface area contributed by atoms with Crippen molar-refractivity contribution in [2.24, 2.45) is 5.41 Å². The topological polar surface area (TPSA) is 54.4 Å². The summed E-state index contributed by atoms with van der Waals surface area (Å²) in [5, 5.41) is 10.6. The van der Waals surface area contributed by atoms with Gasteiger partial charge in [0.25, 0.3) is 0 Å². The Morgan fingerprint density at radius 1 is 1.05 bits per heavy atom. The molecule has 1 aromatic carbocycles. The maximum absolute atomic E-state index is 12.9. The first-order valence-electron chi connectivity index (χ1n) is 7.57. The van der Waals surface area contributed by atoms with Crippen molar-refractivity contribution in [3.63, 3.8) is 0 Å². The minimum atomic E-state index is -3.49. The Balaban J connectivity index is 0.00000106. The van der Waals surface area contributed by atoms with E-state index in [9.17, 15) is 13.5 Å². The predicted octanol–water partition coefficient (Wildman–Crippen LogP) is 3.77. The van der Waals surface area contributed by atoms with Gasteiger partial charge in [-0.3, -0.25) is 0 Å². The van der Waals surface area contributed by atoms with Gasteiger partial charge >= 0.3 is 0 Å². The van der Waals surface area contributed by atoms with E-state index >= 15 is 0 Å². The number of rotatable bonds is 0. The number of hydrogen-bond donors (Lipinski definition) is 1. The average molecular weight is 312 g/mol. The van der Waals surface area contributed by atoms with Gasteiger partial charge in [0.15, 0.2) is 9.84 Å². The first-order valence-corrected chi connectivity index (χ1v) is 9.05. The fourth-order valence-corrected chi connectivity index (χ4v) is 5.06. The third-order valence-electron chi connectivity index (χ3n) is 5.14. The number of aliphatic hydroxyl groups is 1. The zero-order valence-corrected chi connectivity index (χ0v) is 15.0. The van der Waals surface area contributed by atoms with Crippen LogP contribution in [0, 0.1) is 5.41 Å². The van der Waals surface area contributed by atoms with Crippen LogP contribution in [0.1, 0.15) is 59.9 Å². The van der Waals surface area contributed by atoms with Crippen LogP contribution in [0.3, 0.4) is 0 Å². The van der Waals surface area contributed by atoms with Crippen LogP contribution in [0.15, 0.2) is 29.2 Å². The first-order chi connectivity index (χ1) is 9.55. The Morgan fingerprint density at radius 2 is 1.52 bits per heavy atom. The van der Waals surface area contributed by atoms with Crippen LogP contribution < -0.4 is 0 Å². The van der Waals surface area contributed by atoms with Gasteiger partial charge in [0.05, 0.1) is 15.7 Å². The van der Waals surface area contributed by atoms with Crippen LogP contribution >= 0.6 is 0 Å². The van der Waals surface area contributed by atoms with Gasteiger partial charge in [-0.2, -0.15) is 0 Å². The van der Waals surface area contributed by atoms with Gasteiger partial charge in [0, 0.05) is 11.3 Å². The molecular formula is C17H28O3S. The summed E-state index contributed by atoms with van der Waals surface area (Å²) >= 11 is 0. The van der Waals surface area contributed by atoms with Gasteiger partial charge in [0.1, 0.15) is 0 Å². The third-order valence-corrected chi connectivity index (χ3v) is 7.96. The molecule has 3 nitrogen and oxygen atoms in total. The van der Waals surface area contributed by atoms with Gasteiger partial charge < -0.3 is 5.11 Å². The molecule has 0 radical (unpaired) electrons. The molecule has 120 valence electrons. The Morgan fingerprint density at radius 3 is 2.05 bits per heavy atom. The Hall–Kier alpha value is -0.870. The number of benzene rings is 1. The molecule has 0 saturated heterocycles. The molecule has 0 spiro atoms. The van der Waals surface area contributed by atoms with Gasteiger partial charge in [-0.25, -0.2) is 8.42 Å². The molecule has 21 heavy (non-hydrogen) atoms. The SMILES string of the molecule is CC.C[C@H]1c2ccccc2S(=O)(=O)C(C)(C)C(C)(C)C1O. The summed E-state index contributed by atoms with van der Waals surface area (Å²) < 4.78 is 24.9. The monoisotopic (exact) mass is 312 g/mol. The third kappa shape index (κ3) is 2.42. The molecule has 1 aromatic rings. The minimum Gasteiger partial charge on any atom is -0.392 e. The van der Waals surface area contributed by atoms with Crippen LogP contribution in [-0.4, -0.2) is 24.4 Å². The number of hydrogen-bond acceptors (Lipinski definition) is 3. The molecule has 2 atom stereocenters. The Kier molecular flexibility index (Phi) is 4.96. The zero-order chi connectivity index (χ0) is 16.6. The fraction of sp³-hybridized carbons (Fsp3) is 0.647. The van der Waals surface area contributed by atoms with Crippen LogP contribution in [0.4, 0.5) is 0 Å². The molecule has 1 aliphatic rings. The maximum Gasteiger partial charge on any atom is 0.184 e. The summed E-state index contributed by atoms with van der Waals surface area (Å²) in [4.78, 5) is 0.358. The second-order valence-corrected chi connectivity index (χ2v) is 8.97. The van der Waals surface area contributed by atoms with Gasteiger partial charge in [0.2, 0.25) is 0 Å².